The van der Waals surface area contributed by atoms with Crippen LogP contribution < -0.4 is 0 Å². The van der Waals surface area contributed by atoms with Crippen molar-refractivity contribution in [3.05, 3.63) is 47.0 Å². The Bertz CT molecular complexity index is 1640. The SMILES string of the molecule is CC1=C2C(O)C(=O)[C@]3(C)C(OP(P(P)P)P(P)P)CC4OCC4(O)C3C(OC(=O)c3ccccc3)C(O)(CC1OP(P(P)P(P)P)P(P(P)P)P(P)P)C2(C)C.[Ac].[Ac]. The van der Waals surface area contributed by atoms with Crippen LogP contribution in [-0.2, 0) is 23.3 Å². The molecule has 21 unspecified atom stereocenters. The van der Waals surface area contributed by atoms with Gasteiger partial charge in [0.15, 0.2) is 5.78 Å². The van der Waals surface area contributed by atoms with Crippen molar-refractivity contribution in [2.45, 2.75) is 82.3 Å². The first-order valence-electron chi connectivity index (χ1n) is 16.9. The van der Waals surface area contributed by atoms with E-state index in [1.807, 2.05) is 20.8 Å². The second kappa shape index (κ2) is 25.5. The van der Waals surface area contributed by atoms with E-state index in [0.29, 0.717) is 11.1 Å². The first-order valence-corrected chi connectivity index (χ1v) is 51.5. The fraction of sp³-hybridized carbons (Fsp3) is 0.630. The van der Waals surface area contributed by atoms with Crippen LogP contribution in [0.3, 0.4) is 0 Å². The third kappa shape index (κ3) is 12.5. The predicted octanol–water partition coefficient (Wildman–Crippen LogP) is 12.8. The molecular weight excluding hydrogens is 1540 g/mol. The molecule has 3 aliphatic carbocycles. The average molecular weight is 1600 g/mol. The van der Waals surface area contributed by atoms with Gasteiger partial charge in [-0.3, -0.25) is 4.79 Å². The number of hydrogen-bond donors (Lipinski definition) is 3. The van der Waals surface area contributed by atoms with Crippen molar-refractivity contribution >= 4 is 174 Å². The van der Waals surface area contributed by atoms with Crippen molar-refractivity contribution in [1.29, 1.82) is 0 Å². The number of ketones is 1. The number of aliphatic hydroxyl groups is 3. The molecule has 2 radical (unpaired) electrons. The zero-order valence-corrected chi connectivity index (χ0v) is 62.5. The molecule has 9 nitrogen and oxygen atoms in total. The second-order valence-corrected chi connectivity index (χ2v) is 87.2. The van der Waals surface area contributed by atoms with Crippen LogP contribution in [0.5, 0.6) is 0 Å². The summed E-state index contributed by atoms with van der Waals surface area (Å²) < 4.78 is 27.1. The molecule has 31 heteroatoms. The summed E-state index contributed by atoms with van der Waals surface area (Å²) in [6.07, 6.45) is -5.18. The molecule has 3 N–H and O–H groups in total. The monoisotopic (exact) mass is 1600 g/mol. The number of aliphatic hydroxyl groups excluding tert-OH is 1. The number of carbonyl (C=O) groups is 2. The fourth-order valence-corrected chi connectivity index (χ4v) is 137. The molecule has 58 heavy (non-hydrogen) atoms. The number of ether oxygens (including phenoxy) is 2. The fourth-order valence-electron chi connectivity index (χ4n) is 8.51. The van der Waals surface area contributed by atoms with Gasteiger partial charge in [0.25, 0.3) is 0 Å². The summed E-state index contributed by atoms with van der Waals surface area (Å²) in [5.41, 5.74) is -5.21. The van der Waals surface area contributed by atoms with Gasteiger partial charge in [-0.2, -0.15) is 0 Å². The Balaban J connectivity index is 0.00000450. The van der Waals surface area contributed by atoms with Crippen LogP contribution in [0.15, 0.2) is 41.5 Å². The van der Waals surface area contributed by atoms with E-state index in [2.05, 4.69) is 98.2 Å². The Hall–Kier alpha value is 9.34. The molecule has 322 valence electrons. The summed E-state index contributed by atoms with van der Waals surface area (Å²) in [6.45, 7) is 2.71. The van der Waals surface area contributed by atoms with E-state index < -0.39 is 134 Å². The zero-order valence-electron chi connectivity index (χ0n) is 32.3. The average Bonchev–Trinajstić information content (AvgIpc) is 3.10. The van der Waals surface area contributed by atoms with Crippen molar-refractivity contribution in [2.24, 2.45) is 16.7 Å². The van der Waals surface area contributed by atoms with E-state index in [0.717, 1.165) is 0 Å². The van der Waals surface area contributed by atoms with Crippen molar-refractivity contribution in [2.75, 3.05) is 6.61 Å². The number of Topliss-reactive ketones (excluding diaryl/α,β-unsaturated/α-hetero) is 1. The van der Waals surface area contributed by atoms with Gasteiger partial charge in [0.2, 0.25) is 0 Å². The number of hydrogen-bond acceptors (Lipinski definition) is 9. The predicted molar refractivity (Wildman–Crippen MR) is 292 cm³/mol. The molecule has 1 heterocycles. The molecule has 0 spiro atoms. The molecule has 1 saturated heterocycles. The molecule has 1 aromatic carbocycles. The normalized spacial score (nSPS) is 34.3. The third-order valence-electron chi connectivity index (χ3n) is 11.4. The molecule has 5 rings (SSSR count). The van der Waals surface area contributed by atoms with Crippen LogP contribution in [-0.4, -0.2) is 75.4 Å². The zero-order chi connectivity index (χ0) is 42.0. The summed E-state index contributed by atoms with van der Waals surface area (Å²) in [5, 5.41) is 39.3. The van der Waals surface area contributed by atoms with E-state index in [1.165, 1.54) is 0 Å². The molecule has 1 aliphatic heterocycles. The number of benzene rings is 1. The summed E-state index contributed by atoms with van der Waals surface area (Å²) >= 11 is 0. The Morgan fingerprint density at radius 2 is 1.38 bits per heavy atom. The van der Waals surface area contributed by atoms with Crippen molar-refractivity contribution in [3.63, 3.8) is 0 Å². The number of carbonyl (C=O) groups excluding carboxylic acids is 2. The third-order valence-corrected chi connectivity index (χ3v) is 105. The summed E-state index contributed by atoms with van der Waals surface area (Å²) in [7, 11) is 30.3. The molecule has 2 bridgehead atoms. The van der Waals surface area contributed by atoms with Crippen LogP contribution in [0.25, 0.3) is 0 Å². The minimum Gasteiger partial charge on any atom is -0.455 e. The van der Waals surface area contributed by atoms with Crippen molar-refractivity contribution in [1.82, 2.24) is 0 Å². The number of fused-ring (bicyclic) bond motifs is 5. The molecule has 4 aliphatic rings. The number of rotatable bonds is 13. The van der Waals surface area contributed by atoms with Gasteiger partial charge in [-0.15, -0.1) is 89.3 Å². The molecule has 22 atom stereocenters. The van der Waals surface area contributed by atoms with Gasteiger partial charge in [-0.1, -0.05) is 41.0 Å². The van der Waals surface area contributed by atoms with E-state index in [1.54, 1.807) is 37.3 Å². The molecule has 3 fully saturated rings. The minimum atomic E-state index is -1.94. The Labute approximate surface area is 451 Å². The first-order chi connectivity index (χ1) is 25.9. The quantitative estimate of drug-likeness (QED) is 0.100. The van der Waals surface area contributed by atoms with Crippen LogP contribution in [0.1, 0.15) is 50.9 Å². The maximum atomic E-state index is 15.6. The van der Waals surface area contributed by atoms with Gasteiger partial charge in [0, 0.05) is 126 Å². The molecule has 2 saturated carbocycles. The summed E-state index contributed by atoms with van der Waals surface area (Å²) in [6, 6.07) is 8.58. The van der Waals surface area contributed by atoms with E-state index in [-0.39, 0.29) is 113 Å². The van der Waals surface area contributed by atoms with Gasteiger partial charge in [-0.25, -0.2) is 4.79 Å². The maximum absolute atomic E-state index is 15.6. The maximum Gasteiger partial charge on any atom is 0.338 e. The van der Waals surface area contributed by atoms with Crippen LogP contribution in [0.2, 0.25) is 0 Å². The molecule has 0 aromatic heterocycles. The van der Waals surface area contributed by atoms with E-state index in [9.17, 15) is 20.1 Å². The van der Waals surface area contributed by atoms with E-state index in [4.69, 9.17) is 18.5 Å². The van der Waals surface area contributed by atoms with Crippen molar-refractivity contribution in [3.8, 4) is 0 Å². The number of esters is 1. The van der Waals surface area contributed by atoms with Gasteiger partial charge >= 0.3 is 5.97 Å². The molecule has 0 amide bonds. The Morgan fingerprint density at radius 3 is 1.84 bits per heavy atom. The van der Waals surface area contributed by atoms with Gasteiger partial charge < -0.3 is 33.8 Å². The van der Waals surface area contributed by atoms with Crippen LogP contribution in [0.4, 0.5) is 0 Å². The molecule has 1 aromatic rings. The largest absolute Gasteiger partial charge is 0.455 e. The topological polar surface area (TPSA) is 132 Å². The van der Waals surface area contributed by atoms with Gasteiger partial charge in [0.1, 0.15) is 23.4 Å². The van der Waals surface area contributed by atoms with Crippen molar-refractivity contribution < 1.29 is 132 Å². The Morgan fingerprint density at radius 1 is 0.828 bits per heavy atom. The van der Waals surface area contributed by atoms with Crippen LogP contribution in [0, 0.1) is 105 Å². The summed E-state index contributed by atoms with van der Waals surface area (Å²) in [5.74, 6) is -2.44. The van der Waals surface area contributed by atoms with Gasteiger partial charge in [0.05, 0.1) is 50.9 Å². The standard InChI is InChI=1S/C27H54O9P20.2Ac/c1-13-15(35-49(55(47)52(41)42)56(53(43)44)54(45)46)11-27(32)22(34-23(30)14-8-6-5-7-9-14)20-25(4,21(29)19(28)18(13)24(27,2)3)16(10-17-26(20,31)12-33-17)36-48(50(37)38)51(39)40;;/h5-9,15-17,19-20,22,28,31-32H,10-12,37-47H2,1-4H3;;/t15?,16?,17?,19?,20?,22?,25-,26?,27?,49?,55?;;/m1../s1. The van der Waals surface area contributed by atoms with Gasteiger partial charge in [-0.05, 0) is 72.1 Å². The Kier molecular flexibility index (Phi) is 27.1. The molecular formula is C27H54Ac2O9P20. The second-order valence-electron chi connectivity index (χ2n) is 14.8. The smallest absolute Gasteiger partial charge is 0.338 e. The van der Waals surface area contributed by atoms with E-state index >= 15 is 4.79 Å². The minimum absolute atomic E-state index is 0. The summed E-state index contributed by atoms with van der Waals surface area (Å²) in [4.78, 5) is 29.9. The first kappa shape index (κ1) is 61.6. The van der Waals surface area contributed by atoms with Crippen LogP contribution >= 0.6 is 162 Å².